The molecule has 0 aromatic heterocycles. The van der Waals surface area contributed by atoms with Crippen LogP contribution < -0.4 is 0 Å². The van der Waals surface area contributed by atoms with Crippen LogP contribution in [-0.4, -0.2) is 0 Å². The molecule has 12 aromatic rings. The first kappa shape index (κ1) is 33.0. The molecule has 0 heteroatoms. The maximum atomic E-state index is 2.53. The van der Waals surface area contributed by atoms with E-state index in [1.165, 1.54) is 131 Å². The minimum Gasteiger partial charge on any atom is -0.0622 e. The van der Waals surface area contributed by atoms with Crippen LogP contribution in [0.5, 0.6) is 0 Å². The number of fused-ring (bicyclic) bond motifs is 6. The van der Waals surface area contributed by atoms with E-state index in [9.17, 15) is 0 Å². The van der Waals surface area contributed by atoms with Gasteiger partial charge in [0.25, 0.3) is 0 Å². The molecule has 62 heavy (non-hydrogen) atoms. The lowest BCUT2D eigenvalue weighted by Gasteiger charge is -2.40. The lowest BCUT2D eigenvalue weighted by molar-refractivity contribution is 0.492. The van der Waals surface area contributed by atoms with E-state index in [0.29, 0.717) is 0 Å². The summed E-state index contributed by atoms with van der Waals surface area (Å²) in [5.74, 6) is 0. The van der Waals surface area contributed by atoms with Crippen molar-refractivity contribution in [1.82, 2.24) is 0 Å². The molecule has 0 spiro atoms. The zero-order valence-corrected chi connectivity index (χ0v) is 33.8. The van der Waals surface area contributed by atoms with Gasteiger partial charge in [-0.25, -0.2) is 0 Å². The SMILES string of the molecule is c1ccc(-c2ccc3c4c(cccc24)C24c5cccc6c(-c7ccccc7)ccc(c56)C32c2ccc(-c3ccc5c6ccccc6c6ccccc6c5c3)c3cccc4c23)cc1. The van der Waals surface area contributed by atoms with Crippen molar-refractivity contribution < 1.29 is 0 Å². The highest BCUT2D eigenvalue weighted by molar-refractivity contribution is 6.26. The molecule has 0 unspecified atom stereocenters. The van der Waals surface area contributed by atoms with Gasteiger partial charge in [0.2, 0.25) is 0 Å². The summed E-state index contributed by atoms with van der Waals surface area (Å²) in [6.07, 6.45) is 0. The van der Waals surface area contributed by atoms with Crippen molar-refractivity contribution in [3.05, 3.63) is 252 Å². The fourth-order valence-corrected chi connectivity index (χ4v) is 13.2. The second kappa shape index (κ2) is 11.5. The number of rotatable bonds is 3. The molecule has 0 bridgehead atoms. The van der Waals surface area contributed by atoms with Crippen molar-refractivity contribution in [2.24, 2.45) is 0 Å². The molecule has 284 valence electrons. The molecule has 0 aliphatic heterocycles. The van der Waals surface area contributed by atoms with Gasteiger partial charge in [-0.15, -0.1) is 0 Å². The fraction of sp³-hybridized carbons (Fsp3) is 0.0323. The summed E-state index contributed by atoms with van der Waals surface area (Å²) < 4.78 is 0. The minimum absolute atomic E-state index is 0.458. The summed E-state index contributed by atoms with van der Waals surface area (Å²) in [7, 11) is 0. The summed E-state index contributed by atoms with van der Waals surface area (Å²) in [5.41, 5.74) is 15.2. The third kappa shape index (κ3) is 3.67. The Labute approximate surface area is 359 Å². The predicted octanol–water partition coefficient (Wildman–Crippen LogP) is 15.9. The highest BCUT2D eigenvalue weighted by Gasteiger charge is 2.70. The lowest BCUT2D eigenvalue weighted by atomic mass is 9.59. The monoisotopic (exact) mass is 780 g/mol. The van der Waals surface area contributed by atoms with Gasteiger partial charge in [-0.3, -0.25) is 0 Å². The topological polar surface area (TPSA) is 0 Å². The maximum Gasteiger partial charge on any atom is 0.0648 e. The van der Waals surface area contributed by atoms with E-state index in [1.807, 2.05) is 0 Å². The van der Waals surface area contributed by atoms with Crippen LogP contribution in [0.25, 0.3) is 98.0 Å². The van der Waals surface area contributed by atoms with Crippen molar-refractivity contribution in [2.45, 2.75) is 10.8 Å². The van der Waals surface area contributed by atoms with Crippen LogP contribution in [0.1, 0.15) is 33.4 Å². The predicted molar refractivity (Wildman–Crippen MR) is 260 cm³/mol. The van der Waals surface area contributed by atoms with Crippen molar-refractivity contribution in [3.8, 4) is 33.4 Å². The van der Waals surface area contributed by atoms with Crippen LogP contribution in [-0.2, 0) is 10.8 Å². The van der Waals surface area contributed by atoms with Crippen molar-refractivity contribution >= 4 is 64.6 Å². The molecular formula is C62H36. The van der Waals surface area contributed by atoms with E-state index in [2.05, 4.69) is 218 Å². The molecule has 0 atom stereocenters. The van der Waals surface area contributed by atoms with E-state index >= 15 is 0 Å². The molecule has 0 nitrogen and oxygen atoms in total. The molecule has 12 aromatic carbocycles. The van der Waals surface area contributed by atoms with Gasteiger partial charge in [0.1, 0.15) is 0 Å². The van der Waals surface area contributed by atoms with Gasteiger partial charge in [-0.2, -0.15) is 0 Å². The highest BCUT2D eigenvalue weighted by Crippen LogP contribution is 2.76. The largest absolute Gasteiger partial charge is 0.0648 e. The maximum absolute atomic E-state index is 2.53. The first-order valence-corrected chi connectivity index (χ1v) is 21.9. The third-order valence-electron chi connectivity index (χ3n) is 15.3. The van der Waals surface area contributed by atoms with Crippen molar-refractivity contribution in [2.75, 3.05) is 0 Å². The third-order valence-corrected chi connectivity index (χ3v) is 15.3. The Balaban J connectivity index is 1.07. The summed E-state index contributed by atoms with van der Waals surface area (Å²) in [6, 6.07) is 83.3. The van der Waals surface area contributed by atoms with Crippen LogP contribution in [0.3, 0.4) is 0 Å². The Kier molecular flexibility index (Phi) is 6.13. The standard InChI is InChI=1S/C62H36/c1-3-14-37(15-4-1)40-30-33-55-58-48(40)22-11-25-52(58)61-53-26-12-23-49-41(38-16-5-2-6-17-38)31-34-56(59(49)53)62(55,61)57-35-32-42(50-24-13-27-54(61)60(50)57)39-28-29-47-45-20-8-7-18-43(45)44-19-9-10-21-46(44)51(47)36-39/h1-36H. The number of hydrogen-bond donors (Lipinski definition) is 0. The smallest absolute Gasteiger partial charge is 0.0622 e. The second-order valence-electron chi connectivity index (χ2n) is 17.8. The summed E-state index contributed by atoms with van der Waals surface area (Å²) in [6.45, 7) is 0. The molecule has 0 N–H and O–H groups in total. The van der Waals surface area contributed by atoms with Gasteiger partial charge in [-0.1, -0.05) is 212 Å². The summed E-state index contributed by atoms with van der Waals surface area (Å²) in [5, 5.41) is 16.0. The average Bonchev–Trinajstić information content (AvgIpc) is 3.88. The van der Waals surface area contributed by atoms with Gasteiger partial charge in [0.05, 0.1) is 10.8 Å². The van der Waals surface area contributed by atoms with Crippen molar-refractivity contribution in [3.63, 3.8) is 0 Å². The molecule has 0 fully saturated rings. The Morgan fingerprint density at radius 2 is 0.516 bits per heavy atom. The van der Waals surface area contributed by atoms with Gasteiger partial charge in [0, 0.05) is 0 Å². The molecule has 15 rings (SSSR count). The van der Waals surface area contributed by atoms with E-state index in [-0.39, 0.29) is 0 Å². The zero-order chi connectivity index (χ0) is 40.3. The summed E-state index contributed by atoms with van der Waals surface area (Å²) in [4.78, 5) is 0. The van der Waals surface area contributed by atoms with Crippen LogP contribution in [0.15, 0.2) is 218 Å². The number of hydrogen-bond acceptors (Lipinski definition) is 0. The van der Waals surface area contributed by atoms with Crippen LogP contribution in [0, 0.1) is 0 Å². The highest BCUT2D eigenvalue weighted by atomic mass is 14.7. The Hall–Kier alpha value is -7.80. The molecule has 3 aliphatic carbocycles. The fourth-order valence-electron chi connectivity index (χ4n) is 13.2. The van der Waals surface area contributed by atoms with E-state index in [1.54, 1.807) is 0 Å². The molecule has 0 amide bonds. The molecular weight excluding hydrogens is 745 g/mol. The molecule has 0 saturated heterocycles. The molecule has 3 aliphatic rings. The Bertz CT molecular complexity index is 3760. The molecule has 0 heterocycles. The lowest BCUT2D eigenvalue weighted by Crippen LogP contribution is -2.42. The van der Waals surface area contributed by atoms with E-state index in [0.717, 1.165) is 0 Å². The average molecular weight is 781 g/mol. The quantitative estimate of drug-likeness (QED) is 0.157. The van der Waals surface area contributed by atoms with Gasteiger partial charge in [0.15, 0.2) is 0 Å². The normalized spacial score (nSPS) is 17.8. The first-order chi connectivity index (χ1) is 30.8. The van der Waals surface area contributed by atoms with Crippen LogP contribution in [0.2, 0.25) is 0 Å². The first-order valence-electron chi connectivity index (χ1n) is 21.9. The Morgan fingerprint density at radius 3 is 0.935 bits per heavy atom. The Morgan fingerprint density at radius 1 is 0.194 bits per heavy atom. The van der Waals surface area contributed by atoms with Gasteiger partial charge < -0.3 is 0 Å². The summed E-state index contributed by atoms with van der Waals surface area (Å²) >= 11 is 0. The molecule has 0 saturated carbocycles. The van der Waals surface area contributed by atoms with E-state index in [4.69, 9.17) is 0 Å². The van der Waals surface area contributed by atoms with Crippen LogP contribution >= 0.6 is 0 Å². The number of benzene rings is 12. The zero-order valence-electron chi connectivity index (χ0n) is 33.8. The van der Waals surface area contributed by atoms with Gasteiger partial charge in [-0.05, 0) is 137 Å². The second-order valence-corrected chi connectivity index (χ2v) is 17.8. The molecule has 0 radical (unpaired) electrons. The van der Waals surface area contributed by atoms with Crippen LogP contribution in [0.4, 0.5) is 0 Å². The van der Waals surface area contributed by atoms with Gasteiger partial charge >= 0.3 is 0 Å². The van der Waals surface area contributed by atoms with Crippen molar-refractivity contribution in [1.29, 1.82) is 0 Å². The minimum atomic E-state index is -0.458. The van der Waals surface area contributed by atoms with E-state index < -0.39 is 10.8 Å².